The lowest BCUT2D eigenvalue weighted by atomic mass is 10.3. The monoisotopic (exact) mass is 408 g/mol. The maximum absolute atomic E-state index is 12.7. The number of benzene rings is 1. The van der Waals surface area contributed by atoms with Crippen molar-refractivity contribution in [3.8, 4) is 0 Å². The molecule has 0 bridgehead atoms. The van der Waals surface area contributed by atoms with Gasteiger partial charge in [-0.1, -0.05) is 12.1 Å². The van der Waals surface area contributed by atoms with Crippen molar-refractivity contribution in [3.63, 3.8) is 0 Å². The van der Waals surface area contributed by atoms with Gasteiger partial charge in [-0.3, -0.25) is 14.5 Å². The van der Waals surface area contributed by atoms with Gasteiger partial charge in [0.2, 0.25) is 5.91 Å². The van der Waals surface area contributed by atoms with Crippen molar-refractivity contribution in [1.29, 1.82) is 0 Å². The Labute approximate surface area is 176 Å². The summed E-state index contributed by atoms with van der Waals surface area (Å²) in [5, 5.41) is 7.50. The molecule has 2 aromatic heterocycles. The Morgan fingerprint density at radius 1 is 1.27 bits per heavy atom. The Kier molecular flexibility index (Phi) is 5.69. The average molecular weight is 409 g/mol. The summed E-state index contributed by atoms with van der Waals surface area (Å²) in [5.74, 6) is 1.81. The fourth-order valence-electron chi connectivity index (χ4n) is 3.83. The summed E-state index contributed by atoms with van der Waals surface area (Å²) in [6.45, 7) is 7.80. The first-order valence-electron chi connectivity index (χ1n) is 10.3. The molecule has 0 spiro atoms. The summed E-state index contributed by atoms with van der Waals surface area (Å²) in [7, 11) is 1.85. The highest BCUT2D eigenvalue weighted by Gasteiger charge is 2.27. The number of carbonyl (C=O) groups excluding carboxylic acids is 1. The third-order valence-electron chi connectivity index (χ3n) is 5.29. The molecular formula is C21H28N8O. The van der Waals surface area contributed by atoms with E-state index in [0.717, 1.165) is 48.1 Å². The summed E-state index contributed by atoms with van der Waals surface area (Å²) < 4.78 is 3.90. The minimum Gasteiger partial charge on any atom is -0.357 e. The van der Waals surface area contributed by atoms with Crippen LogP contribution in [0.5, 0.6) is 0 Å². The number of aryl methyl sites for hydroxylation is 2. The molecule has 0 aliphatic carbocycles. The molecule has 1 N–H and O–H groups in total. The van der Waals surface area contributed by atoms with E-state index >= 15 is 0 Å². The quantitative estimate of drug-likeness (QED) is 0.510. The first kappa shape index (κ1) is 19.9. The number of nitrogens with one attached hydrogen (secondary N) is 1. The maximum atomic E-state index is 12.7. The smallest absolute Gasteiger partial charge is 0.246 e. The van der Waals surface area contributed by atoms with E-state index in [1.165, 1.54) is 0 Å². The van der Waals surface area contributed by atoms with Crippen LogP contribution in [0, 0.1) is 6.92 Å². The Morgan fingerprint density at radius 2 is 2.10 bits per heavy atom. The molecule has 0 atom stereocenters. The number of amides is 1. The molecule has 4 rings (SSSR count). The number of para-hydroxylation sites is 2. The number of imidazole rings is 1. The highest BCUT2D eigenvalue weighted by Crippen LogP contribution is 2.17. The van der Waals surface area contributed by atoms with Crippen LogP contribution in [0.3, 0.4) is 0 Å². The van der Waals surface area contributed by atoms with Crippen molar-refractivity contribution in [2.45, 2.75) is 20.4 Å². The zero-order chi connectivity index (χ0) is 21.1. The van der Waals surface area contributed by atoms with Crippen LogP contribution in [0.2, 0.25) is 0 Å². The molecule has 0 saturated carbocycles. The summed E-state index contributed by atoms with van der Waals surface area (Å²) in [5.41, 5.74) is 2.96. The number of aromatic nitrogens is 4. The molecule has 1 aromatic carbocycles. The van der Waals surface area contributed by atoms with Crippen LogP contribution in [0.4, 0.5) is 5.69 Å². The minimum absolute atomic E-state index is 0.0521. The molecule has 9 heteroatoms. The highest BCUT2D eigenvalue weighted by molar-refractivity contribution is 5.98. The normalized spacial score (nSPS) is 15.3. The van der Waals surface area contributed by atoms with E-state index in [0.29, 0.717) is 19.6 Å². The molecule has 3 heterocycles. The number of hydrogen-bond acceptors (Lipinski definition) is 4. The van der Waals surface area contributed by atoms with E-state index in [1.54, 1.807) is 15.8 Å². The fraction of sp³-hybridized carbons (Fsp3) is 0.429. The second kappa shape index (κ2) is 8.56. The van der Waals surface area contributed by atoms with Gasteiger partial charge in [0, 0.05) is 39.4 Å². The second-order valence-electron chi connectivity index (χ2n) is 7.37. The number of carbonyl (C=O) groups is 1. The third-order valence-corrected chi connectivity index (χ3v) is 5.29. The zero-order valence-corrected chi connectivity index (χ0v) is 17.7. The molecule has 1 fully saturated rings. The largest absolute Gasteiger partial charge is 0.357 e. The molecule has 1 amide bonds. The van der Waals surface area contributed by atoms with Gasteiger partial charge in [0.05, 0.1) is 29.5 Å². The molecule has 0 unspecified atom stereocenters. The number of aliphatic imine (C=N–C) groups is 1. The Morgan fingerprint density at radius 3 is 2.83 bits per heavy atom. The number of piperazine rings is 1. The van der Waals surface area contributed by atoms with Crippen molar-refractivity contribution >= 4 is 28.6 Å². The molecule has 0 radical (unpaired) electrons. The van der Waals surface area contributed by atoms with Crippen molar-refractivity contribution in [3.05, 3.63) is 42.5 Å². The van der Waals surface area contributed by atoms with Crippen LogP contribution >= 0.6 is 0 Å². The molecule has 30 heavy (non-hydrogen) atoms. The van der Waals surface area contributed by atoms with E-state index < -0.39 is 0 Å². The maximum Gasteiger partial charge on any atom is 0.246 e. The summed E-state index contributed by atoms with van der Waals surface area (Å²) >= 11 is 0. The summed E-state index contributed by atoms with van der Waals surface area (Å²) in [6, 6.07) is 8.14. The first-order valence-corrected chi connectivity index (χ1v) is 10.3. The van der Waals surface area contributed by atoms with Crippen LogP contribution in [-0.2, 0) is 18.4 Å². The van der Waals surface area contributed by atoms with Gasteiger partial charge in [-0.05, 0) is 26.0 Å². The molecule has 9 nitrogen and oxygen atoms in total. The average Bonchev–Trinajstić information content (AvgIpc) is 3.30. The summed E-state index contributed by atoms with van der Waals surface area (Å²) in [6.07, 6.45) is 3.59. The third kappa shape index (κ3) is 4.00. The number of fused-ring (bicyclic) bond motifs is 1. The van der Waals surface area contributed by atoms with Crippen molar-refractivity contribution in [2.75, 3.05) is 37.6 Å². The van der Waals surface area contributed by atoms with E-state index in [1.807, 2.05) is 50.2 Å². The van der Waals surface area contributed by atoms with Crippen LogP contribution < -0.4 is 10.2 Å². The first-order chi connectivity index (χ1) is 14.6. The molecule has 1 aliphatic rings. The van der Waals surface area contributed by atoms with Gasteiger partial charge in [-0.25, -0.2) is 4.98 Å². The zero-order valence-electron chi connectivity index (χ0n) is 17.7. The molecule has 1 aliphatic heterocycles. The number of nitrogens with zero attached hydrogens (tertiary/aromatic N) is 7. The van der Waals surface area contributed by atoms with Gasteiger partial charge >= 0.3 is 0 Å². The molecular weight excluding hydrogens is 380 g/mol. The number of rotatable bonds is 5. The Balaban J connectivity index is 1.44. The van der Waals surface area contributed by atoms with Crippen molar-refractivity contribution in [1.82, 2.24) is 29.5 Å². The van der Waals surface area contributed by atoms with Crippen molar-refractivity contribution < 1.29 is 4.79 Å². The lowest BCUT2D eigenvalue weighted by molar-refractivity contribution is -0.120. The number of hydrogen-bond donors (Lipinski definition) is 1. The predicted molar refractivity (Wildman–Crippen MR) is 118 cm³/mol. The fourth-order valence-corrected chi connectivity index (χ4v) is 3.83. The standard InChI is InChI=1S/C21H28N8O/c1-4-22-21(23-9-10-28-16(2)25-18-7-5-6-8-19(18)28)27-11-12-29(20(30)15-27)17-13-24-26(3)14-17/h5-8,13-14H,4,9-12,15H2,1-3H3,(H,22,23). The van der Waals surface area contributed by atoms with Gasteiger partial charge in [0.15, 0.2) is 5.96 Å². The number of guanidine groups is 1. The van der Waals surface area contributed by atoms with Crippen LogP contribution in [0.1, 0.15) is 12.7 Å². The number of anilines is 1. The molecule has 1 saturated heterocycles. The Bertz CT molecular complexity index is 1070. The van der Waals surface area contributed by atoms with Gasteiger partial charge in [0.25, 0.3) is 0 Å². The van der Waals surface area contributed by atoms with Gasteiger partial charge in [-0.2, -0.15) is 5.10 Å². The van der Waals surface area contributed by atoms with Crippen LogP contribution in [0.15, 0.2) is 41.7 Å². The van der Waals surface area contributed by atoms with Gasteiger partial charge in [-0.15, -0.1) is 0 Å². The van der Waals surface area contributed by atoms with E-state index in [-0.39, 0.29) is 5.91 Å². The van der Waals surface area contributed by atoms with E-state index in [2.05, 4.69) is 26.0 Å². The second-order valence-corrected chi connectivity index (χ2v) is 7.37. The molecule has 158 valence electrons. The highest BCUT2D eigenvalue weighted by atomic mass is 16.2. The van der Waals surface area contributed by atoms with E-state index in [4.69, 9.17) is 4.99 Å². The lowest BCUT2D eigenvalue weighted by Crippen LogP contribution is -2.55. The van der Waals surface area contributed by atoms with E-state index in [9.17, 15) is 4.79 Å². The van der Waals surface area contributed by atoms with Crippen LogP contribution in [-0.4, -0.2) is 68.8 Å². The minimum atomic E-state index is 0.0521. The molecule has 3 aromatic rings. The van der Waals surface area contributed by atoms with Gasteiger partial charge < -0.3 is 19.7 Å². The topological polar surface area (TPSA) is 83.6 Å². The summed E-state index contributed by atoms with van der Waals surface area (Å²) in [4.78, 5) is 25.9. The Hall–Kier alpha value is -3.36. The SMILES string of the molecule is CCNC(=NCCn1c(C)nc2ccccc21)N1CCN(c2cnn(C)c2)C(=O)C1. The predicted octanol–water partition coefficient (Wildman–Crippen LogP) is 1.39. The van der Waals surface area contributed by atoms with Crippen molar-refractivity contribution in [2.24, 2.45) is 12.0 Å². The lowest BCUT2D eigenvalue weighted by Gasteiger charge is -2.35. The van der Waals surface area contributed by atoms with Gasteiger partial charge in [0.1, 0.15) is 12.4 Å². The van der Waals surface area contributed by atoms with Crippen LogP contribution in [0.25, 0.3) is 11.0 Å².